The van der Waals surface area contributed by atoms with Crippen LogP contribution in [0.15, 0.2) is 22.6 Å². The smallest absolute Gasteiger partial charge is 0.129 e. The predicted octanol–water partition coefficient (Wildman–Crippen LogP) is 1.72. The van der Waals surface area contributed by atoms with Crippen LogP contribution in [0.25, 0.3) is 0 Å². The van der Waals surface area contributed by atoms with E-state index in [-0.39, 0.29) is 6.61 Å². The number of hydrogen-bond acceptors (Lipinski definition) is 4. The minimum Gasteiger partial charge on any atom is -0.462 e. The fourth-order valence-corrected chi connectivity index (χ4v) is 2.10. The van der Waals surface area contributed by atoms with Crippen molar-refractivity contribution in [3.05, 3.63) is 41.1 Å². The molecule has 1 N–H and O–H groups in total. The Hall–Kier alpha value is -1.59. The Kier molecular flexibility index (Phi) is 4.39. The average molecular weight is 263 g/mol. The van der Waals surface area contributed by atoms with Crippen molar-refractivity contribution in [1.82, 2.24) is 14.7 Å². The Morgan fingerprint density at radius 2 is 2.05 bits per heavy atom. The Morgan fingerprint density at radius 3 is 2.63 bits per heavy atom. The van der Waals surface area contributed by atoms with Crippen molar-refractivity contribution in [3.63, 3.8) is 0 Å². The van der Waals surface area contributed by atoms with Crippen molar-refractivity contribution >= 4 is 0 Å². The van der Waals surface area contributed by atoms with Gasteiger partial charge in [0.2, 0.25) is 0 Å². The molecule has 0 saturated carbocycles. The van der Waals surface area contributed by atoms with Crippen LogP contribution in [0.1, 0.15) is 22.9 Å². The number of hydrogen-bond donors (Lipinski definition) is 1. The molecule has 0 aromatic carbocycles. The zero-order valence-corrected chi connectivity index (χ0v) is 11.8. The maximum Gasteiger partial charge on any atom is 0.129 e. The van der Waals surface area contributed by atoms with E-state index in [4.69, 9.17) is 9.52 Å². The first-order valence-electron chi connectivity index (χ1n) is 6.46. The highest BCUT2D eigenvalue weighted by atomic mass is 16.4. The van der Waals surface area contributed by atoms with Crippen molar-refractivity contribution < 1.29 is 9.52 Å². The highest BCUT2D eigenvalue weighted by Crippen LogP contribution is 2.10. The van der Waals surface area contributed by atoms with Gasteiger partial charge in [0.05, 0.1) is 18.8 Å². The van der Waals surface area contributed by atoms with Crippen LogP contribution in [0.3, 0.4) is 0 Å². The zero-order chi connectivity index (χ0) is 13.8. The molecule has 0 atom stereocenters. The van der Waals surface area contributed by atoms with E-state index in [1.807, 2.05) is 30.8 Å². The van der Waals surface area contributed by atoms with Gasteiger partial charge in [0.15, 0.2) is 0 Å². The summed E-state index contributed by atoms with van der Waals surface area (Å²) in [6.45, 7) is 6.53. The summed E-state index contributed by atoms with van der Waals surface area (Å²) >= 11 is 0. The predicted molar refractivity (Wildman–Crippen MR) is 72.7 cm³/mol. The second kappa shape index (κ2) is 6.04. The van der Waals surface area contributed by atoms with E-state index >= 15 is 0 Å². The number of rotatable bonds is 6. The maximum atomic E-state index is 8.95. The highest BCUT2D eigenvalue weighted by molar-refractivity contribution is 5.07. The van der Waals surface area contributed by atoms with Crippen LogP contribution < -0.4 is 0 Å². The number of furan rings is 1. The third kappa shape index (κ3) is 3.68. The number of likely N-dealkylation sites (N-methyl/N-ethyl adjacent to an activating group) is 1. The molecule has 0 aliphatic rings. The van der Waals surface area contributed by atoms with Gasteiger partial charge in [0.25, 0.3) is 0 Å². The number of aryl methyl sites for hydroxylation is 2. The van der Waals surface area contributed by atoms with Crippen molar-refractivity contribution in [2.75, 3.05) is 13.6 Å². The van der Waals surface area contributed by atoms with Gasteiger partial charge >= 0.3 is 0 Å². The van der Waals surface area contributed by atoms with Crippen molar-refractivity contribution in [3.8, 4) is 0 Å². The van der Waals surface area contributed by atoms with E-state index < -0.39 is 0 Å². The normalized spacial score (nSPS) is 11.4. The Labute approximate surface area is 113 Å². The zero-order valence-electron chi connectivity index (χ0n) is 11.8. The number of nitrogens with zero attached hydrogens (tertiary/aromatic N) is 3. The first kappa shape index (κ1) is 13.8. The SMILES string of the molecule is Cc1cc(C)n(CCN(C)Cc2ccc(CO)o2)n1. The molecule has 0 aliphatic carbocycles. The van der Waals surface area contributed by atoms with Crippen LogP contribution in [0.5, 0.6) is 0 Å². The van der Waals surface area contributed by atoms with E-state index in [2.05, 4.69) is 23.0 Å². The van der Waals surface area contributed by atoms with Crippen molar-refractivity contribution in [2.24, 2.45) is 0 Å². The van der Waals surface area contributed by atoms with Crippen LogP contribution in [-0.2, 0) is 19.7 Å². The molecule has 0 bridgehead atoms. The average Bonchev–Trinajstić information content (AvgIpc) is 2.93. The topological polar surface area (TPSA) is 54.4 Å². The van der Waals surface area contributed by atoms with Gasteiger partial charge in [-0.25, -0.2) is 0 Å². The summed E-state index contributed by atoms with van der Waals surface area (Å²) in [7, 11) is 2.05. The number of aliphatic hydroxyl groups excluding tert-OH is 1. The molecule has 5 heteroatoms. The lowest BCUT2D eigenvalue weighted by Crippen LogP contribution is -2.23. The fourth-order valence-electron chi connectivity index (χ4n) is 2.10. The summed E-state index contributed by atoms with van der Waals surface area (Å²) in [5.41, 5.74) is 2.24. The molecule has 0 spiro atoms. The lowest BCUT2D eigenvalue weighted by atomic mass is 10.4. The van der Waals surface area contributed by atoms with Crippen molar-refractivity contribution in [2.45, 2.75) is 33.5 Å². The standard InChI is InChI=1S/C14H21N3O2/c1-11-8-12(2)17(15-11)7-6-16(3)9-13-4-5-14(10-18)19-13/h4-5,8,18H,6-7,9-10H2,1-3H3. The molecule has 2 aromatic heterocycles. The van der Waals surface area contributed by atoms with E-state index in [9.17, 15) is 0 Å². The van der Waals surface area contributed by atoms with Gasteiger partial charge in [-0.15, -0.1) is 0 Å². The maximum absolute atomic E-state index is 8.95. The third-order valence-corrected chi connectivity index (χ3v) is 3.10. The van der Waals surface area contributed by atoms with Gasteiger partial charge in [0.1, 0.15) is 18.1 Å². The molecule has 2 rings (SSSR count). The first-order chi connectivity index (χ1) is 9.08. The molecule has 104 valence electrons. The van der Waals surface area contributed by atoms with Gasteiger partial charge in [-0.1, -0.05) is 0 Å². The van der Waals surface area contributed by atoms with Gasteiger partial charge < -0.3 is 9.52 Å². The summed E-state index contributed by atoms with van der Waals surface area (Å²) in [5, 5.41) is 13.4. The second-order valence-corrected chi connectivity index (χ2v) is 4.91. The minimum absolute atomic E-state index is 0.0462. The van der Waals surface area contributed by atoms with E-state index in [1.165, 1.54) is 5.69 Å². The van der Waals surface area contributed by atoms with E-state index in [0.717, 1.165) is 31.1 Å². The van der Waals surface area contributed by atoms with Gasteiger partial charge in [-0.3, -0.25) is 9.58 Å². The monoisotopic (exact) mass is 263 g/mol. The van der Waals surface area contributed by atoms with Gasteiger partial charge in [-0.05, 0) is 39.1 Å². The lowest BCUT2D eigenvalue weighted by molar-refractivity contribution is 0.230. The quantitative estimate of drug-likeness (QED) is 0.862. The first-order valence-corrected chi connectivity index (χ1v) is 6.46. The lowest BCUT2D eigenvalue weighted by Gasteiger charge is -2.15. The highest BCUT2D eigenvalue weighted by Gasteiger charge is 2.07. The van der Waals surface area contributed by atoms with E-state index in [1.54, 1.807) is 0 Å². The summed E-state index contributed by atoms with van der Waals surface area (Å²) < 4.78 is 7.49. The second-order valence-electron chi connectivity index (χ2n) is 4.91. The Bertz CT molecular complexity index is 531. The minimum atomic E-state index is -0.0462. The van der Waals surface area contributed by atoms with Crippen LogP contribution >= 0.6 is 0 Å². The molecule has 0 amide bonds. The fraction of sp³-hybridized carbons (Fsp3) is 0.500. The summed E-state index contributed by atoms with van der Waals surface area (Å²) in [4.78, 5) is 2.18. The number of aliphatic hydroxyl groups is 1. The largest absolute Gasteiger partial charge is 0.462 e. The molecule has 0 aliphatic heterocycles. The molecule has 0 fully saturated rings. The Morgan fingerprint density at radius 1 is 1.32 bits per heavy atom. The third-order valence-electron chi connectivity index (χ3n) is 3.10. The molecule has 0 saturated heterocycles. The van der Waals surface area contributed by atoms with Crippen LogP contribution in [0, 0.1) is 13.8 Å². The molecule has 0 unspecified atom stereocenters. The van der Waals surface area contributed by atoms with Crippen LogP contribution in [0.4, 0.5) is 0 Å². The van der Waals surface area contributed by atoms with Gasteiger partial charge in [-0.2, -0.15) is 5.10 Å². The summed E-state index contributed by atoms with van der Waals surface area (Å²) in [5.74, 6) is 1.49. The van der Waals surface area contributed by atoms with Crippen LogP contribution in [0.2, 0.25) is 0 Å². The molecule has 19 heavy (non-hydrogen) atoms. The summed E-state index contributed by atoms with van der Waals surface area (Å²) in [6, 6.07) is 5.80. The number of aromatic nitrogens is 2. The molecule has 5 nitrogen and oxygen atoms in total. The molecule has 0 radical (unpaired) electrons. The van der Waals surface area contributed by atoms with Crippen molar-refractivity contribution in [1.29, 1.82) is 0 Å². The van der Waals surface area contributed by atoms with E-state index in [0.29, 0.717) is 5.76 Å². The van der Waals surface area contributed by atoms with Gasteiger partial charge in [0, 0.05) is 12.2 Å². The Balaban J connectivity index is 1.84. The summed E-state index contributed by atoms with van der Waals surface area (Å²) in [6.07, 6.45) is 0. The molecular formula is C14H21N3O2. The molecule has 2 aromatic rings. The molecular weight excluding hydrogens is 242 g/mol. The van der Waals surface area contributed by atoms with Crippen LogP contribution in [-0.4, -0.2) is 33.4 Å². The molecule has 2 heterocycles.